The predicted octanol–water partition coefficient (Wildman–Crippen LogP) is 0.932. The second kappa shape index (κ2) is 4.41. The zero-order chi connectivity index (χ0) is 11.4. The molecule has 1 aromatic rings. The molecule has 1 heterocycles. The first kappa shape index (κ1) is 11.0. The van der Waals surface area contributed by atoms with Crippen molar-refractivity contribution in [3.63, 3.8) is 0 Å². The van der Waals surface area contributed by atoms with Gasteiger partial charge in [0.1, 0.15) is 0 Å². The molecule has 0 aliphatic heterocycles. The van der Waals surface area contributed by atoms with Crippen molar-refractivity contribution < 1.29 is 9.59 Å². The van der Waals surface area contributed by atoms with Crippen LogP contribution in [0.5, 0.6) is 0 Å². The lowest BCUT2D eigenvalue weighted by Gasteiger charge is -2.14. The largest absolute Gasteiger partial charge is 0.351 e. The summed E-state index contributed by atoms with van der Waals surface area (Å²) in [7, 11) is 1.30. The van der Waals surface area contributed by atoms with E-state index >= 15 is 0 Å². The number of anilines is 1. The number of nitrogens with one attached hydrogen (secondary N) is 1. The molecule has 3 N–H and O–H groups in total. The third-order valence-electron chi connectivity index (χ3n) is 1.88. The lowest BCUT2D eigenvalue weighted by Crippen LogP contribution is -2.40. The van der Waals surface area contributed by atoms with Crippen molar-refractivity contribution in [3.8, 4) is 0 Å². The zero-order valence-electron chi connectivity index (χ0n) is 8.52. The summed E-state index contributed by atoms with van der Waals surface area (Å²) in [5.74, 6) is 0. The monoisotopic (exact) mass is 208 g/mol. The fourth-order valence-corrected chi connectivity index (χ4v) is 0.915. The van der Waals surface area contributed by atoms with Crippen LogP contribution in [0.1, 0.15) is 5.69 Å². The van der Waals surface area contributed by atoms with E-state index in [0.29, 0.717) is 11.4 Å². The van der Waals surface area contributed by atoms with Crippen LogP contribution in [0, 0.1) is 6.92 Å². The number of pyridine rings is 1. The first-order chi connectivity index (χ1) is 7.02. The molecular weight excluding hydrogens is 196 g/mol. The second-order valence-corrected chi connectivity index (χ2v) is 2.96. The lowest BCUT2D eigenvalue weighted by atomic mass is 10.3. The Morgan fingerprint density at radius 1 is 1.53 bits per heavy atom. The van der Waals surface area contributed by atoms with Gasteiger partial charge in [-0.3, -0.25) is 4.98 Å². The summed E-state index contributed by atoms with van der Waals surface area (Å²) < 4.78 is 0. The summed E-state index contributed by atoms with van der Waals surface area (Å²) in [6.45, 7) is 1.75. The molecular formula is C9H12N4O2. The molecule has 6 heteroatoms. The van der Waals surface area contributed by atoms with Crippen molar-refractivity contribution in [3.05, 3.63) is 24.0 Å². The SMILES string of the molecule is Cc1ncccc1NC(=O)N(C)C(N)=O. The van der Waals surface area contributed by atoms with Gasteiger partial charge >= 0.3 is 12.1 Å². The summed E-state index contributed by atoms with van der Waals surface area (Å²) >= 11 is 0. The number of carbonyl (C=O) groups excluding carboxylic acids is 2. The van der Waals surface area contributed by atoms with Gasteiger partial charge in [-0.15, -0.1) is 0 Å². The zero-order valence-corrected chi connectivity index (χ0v) is 8.52. The second-order valence-electron chi connectivity index (χ2n) is 2.96. The highest BCUT2D eigenvalue weighted by molar-refractivity contribution is 6.00. The number of nitrogens with zero attached hydrogens (tertiary/aromatic N) is 2. The Morgan fingerprint density at radius 2 is 2.20 bits per heavy atom. The van der Waals surface area contributed by atoms with E-state index in [9.17, 15) is 9.59 Å². The van der Waals surface area contributed by atoms with Crippen LogP contribution in [-0.4, -0.2) is 29.0 Å². The van der Waals surface area contributed by atoms with E-state index in [0.717, 1.165) is 4.90 Å². The third-order valence-corrected chi connectivity index (χ3v) is 1.88. The number of primary amides is 1. The van der Waals surface area contributed by atoms with E-state index in [4.69, 9.17) is 5.73 Å². The van der Waals surface area contributed by atoms with Gasteiger partial charge in [-0.05, 0) is 19.1 Å². The Morgan fingerprint density at radius 3 is 2.73 bits per heavy atom. The van der Waals surface area contributed by atoms with E-state index in [-0.39, 0.29) is 0 Å². The molecule has 0 unspecified atom stereocenters. The van der Waals surface area contributed by atoms with Gasteiger partial charge in [-0.25, -0.2) is 14.5 Å². The van der Waals surface area contributed by atoms with Crippen LogP contribution in [0.4, 0.5) is 15.3 Å². The van der Waals surface area contributed by atoms with Crippen LogP contribution < -0.4 is 11.1 Å². The van der Waals surface area contributed by atoms with Gasteiger partial charge in [0.15, 0.2) is 0 Å². The van der Waals surface area contributed by atoms with Crippen LogP contribution in [0.2, 0.25) is 0 Å². The van der Waals surface area contributed by atoms with Gasteiger partial charge in [0.05, 0.1) is 11.4 Å². The summed E-state index contributed by atoms with van der Waals surface area (Å²) in [4.78, 5) is 26.9. The molecule has 0 bridgehead atoms. The molecule has 6 nitrogen and oxygen atoms in total. The van der Waals surface area contributed by atoms with Crippen molar-refractivity contribution in [2.75, 3.05) is 12.4 Å². The molecule has 1 aromatic heterocycles. The van der Waals surface area contributed by atoms with Crippen LogP contribution in [0.3, 0.4) is 0 Å². The fraction of sp³-hybridized carbons (Fsp3) is 0.222. The van der Waals surface area contributed by atoms with Crippen LogP contribution >= 0.6 is 0 Å². The van der Waals surface area contributed by atoms with Crippen molar-refractivity contribution in [2.45, 2.75) is 6.92 Å². The third kappa shape index (κ3) is 2.67. The summed E-state index contributed by atoms with van der Waals surface area (Å²) in [5, 5.41) is 2.51. The molecule has 1 rings (SSSR count). The van der Waals surface area contributed by atoms with Crippen LogP contribution in [-0.2, 0) is 0 Å². The number of aryl methyl sites for hydroxylation is 1. The standard InChI is InChI=1S/C9H12N4O2/c1-6-7(4-3-5-11-6)12-9(15)13(2)8(10)14/h3-5H,1-2H3,(H2,10,14)(H,12,15). The minimum Gasteiger partial charge on any atom is -0.351 e. The molecule has 0 aliphatic rings. The van der Waals surface area contributed by atoms with Crippen molar-refractivity contribution in [2.24, 2.45) is 5.73 Å². The highest BCUT2D eigenvalue weighted by Gasteiger charge is 2.13. The van der Waals surface area contributed by atoms with E-state index in [2.05, 4.69) is 10.3 Å². The Hall–Kier alpha value is -2.11. The Balaban J connectivity index is 2.75. The maximum absolute atomic E-state index is 11.4. The molecule has 0 saturated carbocycles. The maximum Gasteiger partial charge on any atom is 0.329 e. The summed E-state index contributed by atoms with van der Waals surface area (Å²) in [6.07, 6.45) is 1.61. The molecule has 0 aromatic carbocycles. The lowest BCUT2D eigenvalue weighted by molar-refractivity contribution is 0.208. The number of imide groups is 1. The minimum atomic E-state index is -0.811. The maximum atomic E-state index is 11.4. The van der Waals surface area contributed by atoms with E-state index in [1.54, 1.807) is 25.3 Å². The number of hydrogen-bond acceptors (Lipinski definition) is 3. The summed E-state index contributed by atoms with van der Waals surface area (Å²) in [6, 6.07) is 1.98. The summed E-state index contributed by atoms with van der Waals surface area (Å²) in [5.41, 5.74) is 6.16. The highest BCUT2D eigenvalue weighted by atomic mass is 16.2. The average molecular weight is 208 g/mol. The van der Waals surface area contributed by atoms with Gasteiger partial charge in [0, 0.05) is 13.2 Å². The molecule has 80 valence electrons. The van der Waals surface area contributed by atoms with E-state index < -0.39 is 12.1 Å². The smallest absolute Gasteiger partial charge is 0.329 e. The number of aromatic nitrogens is 1. The normalized spacial score (nSPS) is 9.47. The Labute approximate surface area is 87.1 Å². The first-order valence-corrected chi connectivity index (χ1v) is 4.28. The van der Waals surface area contributed by atoms with E-state index in [1.165, 1.54) is 7.05 Å². The molecule has 0 fully saturated rings. The number of nitrogens with two attached hydrogens (primary N) is 1. The van der Waals surface area contributed by atoms with Crippen molar-refractivity contribution in [1.82, 2.24) is 9.88 Å². The molecule has 0 spiro atoms. The van der Waals surface area contributed by atoms with Gasteiger partial charge in [-0.2, -0.15) is 0 Å². The number of urea groups is 2. The average Bonchev–Trinajstić information content (AvgIpc) is 2.20. The molecule has 15 heavy (non-hydrogen) atoms. The van der Waals surface area contributed by atoms with Crippen molar-refractivity contribution >= 4 is 17.7 Å². The topological polar surface area (TPSA) is 88.3 Å². The van der Waals surface area contributed by atoms with Crippen molar-refractivity contribution in [1.29, 1.82) is 0 Å². The van der Waals surface area contributed by atoms with Gasteiger partial charge in [0.2, 0.25) is 0 Å². The van der Waals surface area contributed by atoms with E-state index in [1.807, 2.05) is 0 Å². The fourth-order valence-electron chi connectivity index (χ4n) is 0.915. The minimum absolute atomic E-state index is 0.551. The number of rotatable bonds is 1. The van der Waals surface area contributed by atoms with Gasteiger partial charge < -0.3 is 11.1 Å². The van der Waals surface area contributed by atoms with Crippen LogP contribution in [0.25, 0.3) is 0 Å². The van der Waals surface area contributed by atoms with Gasteiger partial charge in [0.25, 0.3) is 0 Å². The highest BCUT2D eigenvalue weighted by Crippen LogP contribution is 2.10. The Kier molecular flexibility index (Phi) is 3.22. The number of amides is 4. The predicted molar refractivity (Wildman–Crippen MR) is 55.3 cm³/mol. The van der Waals surface area contributed by atoms with Gasteiger partial charge in [-0.1, -0.05) is 0 Å². The van der Waals surface area contributed by atoms with Crippen LogP contribution in [0.15, 0.2) is 18.3 Å². The Bertz CT molecular complexity index is 391. The molecule has 0 aliphatic carbocycles. The molecule has 0 atom stereocenters. The molecule has 0 radical (unpaired) electrons. The quantitative estimate of drug-likeness (QED) is 0.719. The number of carbonyl (C=O) groups is 2. The molecule has 4 amide bonds. The number of hydrogen-bond donors (Lipinski definition) is 2. The first-order valence-electron chi connectivity index (χ1n) is 4.28. The molecule has 0 saturated heterocycles.